The molecule has 35 heavy (non-hydrogen) atoms. The smallest absolute Gasteiger partial charge is 0.225 e. The lowest BCUT2D eigenvalue weighted by atomic mass is 9.92. The predicted molar refractivity (Wildman–Crippen MR) is 136 cm³/mol. The number of benzene rings is 2. The number of hydrogen-bond acceptors (Lipinski definition) is 2. The van der Waals surface area contributed by atoms with E-state index in [-0.39, 0.29) is 23.5 Å². The molecule has 0 spiro atoms. The third-order valence-corrected chi connectivity index (χ3v) is 7.83. The molecule has 2 aliphatic heterocycles. The predicted octanol–water partition coefficient (Wildman–Crippen LogP) is 5.40. The van der Waals surface area contributed by atoms with Gasteiger partial charge in [0.25, 0.3) is 0 Å². The minimum atomic E-state index is -0.265. The number of hydrogen-bond donors (Lipinski definition) is 1. The molecule has 2 amide bonds. The van der Waals surface area contributed by atoms with Crippen LogP contribution in [-0.4, -0.2) is 52.8 Å². The van der Waals surface area contributed by atoms with Crippen molar-refractivity contribution in [3.63, 3.8) is 0 Å². The number of piperidine rings is 2. The van der Waals surface area contributed by atoms with Crippen LogP contribution >= 0.6 is 0 Å². The number of aromatic amines is 1. The fraction of sp³-hybridized carbons (Fsp3) is 0.448. The molecule has 2 aliphatic rings. The van der Waals surface area contributed by atoms with Crippen LogP contribution in [0.4, 0.5) is 4.39 Å². The maximum absolute atomic E-state index is 13.5. The Morgan fingerprint density at radius 1 is 0.914 bits per heavy atom. The summed E-state index contributed by atoms with van der Waals surface area (Å²) < 4.78 is 13.5. The van der Waals surface area contributed by atoms with E-state index >= 15 is 0 Å². The minimum Gasteiger partial charge on any atom is -0.354 e. The van der Waals surface area contributed by atoms with Crippen molar-refractivity contribution in [3.8, 4) is 11.3 Å². The Bertz CT molecular complexity index is 1190. The van der Waals surface area contributed by atoms with Gasteiger partial charge >= 0.3 is 0 Å². The summed E-state index contributed by atoms with van der Waals surface area (Å²) in [6, 6.07) is 14.6. The van der Waals surface area contributed by atoms with Gasteiger partial charge in [-0.3, -0.25) is 9.59 Å². The monoisotopic (exact) mass is 475 g/mol. The van der Waals surface area contributed by atoms with Gasteiger partial charge in [-0.15, -0.1) is 0 Å². The second kappa shape index (κ2) is 10.2. The molecule has 2 aromatic carbocycles. The summed E-state index contributed by atoms with van der Waals surface area (Å²) in [7, 11) is 0. The Kier molecular flexibility index (Phi) is 6.89. The van der Waals surface area contributed by atoms with Crippen molar-refractivity contribution in [2.45, 2.75) is 45.4 Å². The third kappa shape index (κ3) is 5.12. The summed E-state index contributed by atoms with van der Waals surface area (Å²) in [6.07, 6.45) is 4.72. The lowest BCUT2D eigenvalue weighted by molar-refractivity contribution is -0.141. The van der Waals surface area contributed by atoms with Crippen molar-refractivity contribution < 1.29 is 14.0 Å². The highest BCUT2D eigenvalue weighted by Crippen LogP contribution is 2.32. The van der Waals surface area contributed by atoms with Gasteiger partial charge in [-0.25, -0.2) is 4.39 Å². The Hall–Kier alpha value is -3.15. The van der Waals surface area contributed by atoms with E-state index in [1.807, 2.05) is 28.0 Å². The van der Waals surface area contributed by atoms with Crippen LogP contribution in [-0.2, 0) is 16.0 Å². The van der Waals surface area contributed by atoms with Crippen molar-refractivity contribution in [1.82, 2.24) is 14.8 Å². The van der Waals surface area contributed by atoms with Crippen LogP contribution in [0, 0.1) is 17.7 Å². The summed E-state index contributed by atoms with van der Waals surface area (Å²) in [5.41, 5.74) is 3.96. The summed E-state index contributed by atoms with van der Waals surface area (Å²) in [5.74, 6) is 0.911. The van der Waals surface area contributed by atoms with Crippen LogP contribution in [0.2, 0.25) is 0 Å². The zero-order valence-electron chi connectivity index (χ0n) is 20.4. The van der Waals surface area contributed by atoms with Crippen molar-refractivity contribution in [2.24, 2.45) is 11.8 Å². The lowest BCUT2D eigenvalue weighted by Crippen LogP contribution is -2.46. The van der Waals surface area contributed by atoms with Crippen LogP contribution in [0.1, 0.15) is 44.6 Å². The number of aromatic nitrogens is 1. The Balaban J connectivity index is 1.22. The summed E-state index contributed by atoms with van der Waals surface area (Å²) >= 11 is 0. The molecule has 0 saturated carbocycles. The highest BCUT2D eigenvalue weighted by Gasteiger charge is 2.31. The Morgan fingerprint density at radius 2 is 1.57 bits per heavy atom. The first-order valence-corrected chi connectivity index (χ1v) is 12.9. The summed E-state index contributed by atoms with van der Waals surface area (Å²) in [5, 5.41) is 1.10. The van der Waals surface area contributed by atoms with E-state index in [1.165, 1.54) is 12.1 Å². The molecule has 6 heteroatoms. The molecule has 5 nitrogen and oxygen atoms in total. The fourth-order valence-corrected chi connectivity index (χ4v) is 5.58. The van der Waals surface area contributed by atoms with E-state index in [4.69, 9.17) is 0 Å². The first-order valence-electron chi connectivity index (χ1n) is 12.9. The first-order chi connectivity index (χ1) is 17.0. The number of carbonyl (C=O) groups is 2. The van der Waals surface area contributed by atoms with Crippen LogP contribution in [0.15, 0.2) is 48.5 Å². The van der Waals surface area contributed by atoms with E-state index < -0.39 is 0 Å². The number of rotatable bonds is 5. The molecule has 0 bridgehead atoms. The van der Waals surface area contributed by atoms with Gasteiger partial charge in [-0.2, -0.15) is 0 Å². The highest BCUT2D eigenvalue weighted by atomic mass is 19.1. The second-order valence-corrected chi connectivity index (χ2v) is 10.2. The lowest BCUT2D eigenvalue weighted by Gasteiger charge is -2.36. The molecule has 0 aliphatic carbocycles. The number of aryl methyl sites for hydroxylation is 1. The number of halogens is 1. The molecule has 5 rings (SSSR count). The average Bonchev–Trinajstić information content (AvgIpc) is 3.26. The fourth-order valence-electron chi connectivity index (χ4n) is 5.58. The topological polar surface area (TPSA) is 56.4 Å². The average molecular weight is 476 g/mol. The molecule has 184 valence electrons. The molecule has 0 atom stereocenters. The number of amides is 2. The third-order valence-electron chi connectivity index (χ3n) is 7.83. The Labute approximate surface area is 206 Å². The minimum absolute atomic E-state index is 0.0474. The maximum Gasteiger partial charge on any atom is 0.225 e. The van der Waals surface area contributed by atoms with Crippen LogP contribution < -0.4 is 0 Å². The molecule has 0 unspecified atom stereocenters. The molecular weight excluding hydrogens is 441 g/mol. The van der Waals surface area contributed by atoms with Crippen molar-refractivity contribution >= 4 is 22.7 Å². The first kappa shape index (κ1) is 23.6. The molecular formula is C29H34FN3O2. The van der Waals surface area contributed by atoms with Crippen molar-refractivity contribution in [2.75, 3.05) is 26.2 Å². The zero-order chi connectivity index (χ0) is 24.4. The van der Waals surface area contributed by atoms with Gasteiger partial charge in [0.1, 0.15) is 5.82 Å². The molecule has 1 N–H and O–H groups in total. The SMILES string of the molecule is CC1CCN(C(=O)C2CCN(C(=O)CCc3c(-c4ccc(F)cc4)[nH]c4ccccc34)CC2)CC1. The van der Waals surface area contributed by atoms with Crippen LogP contribution in [0.25, 0.3) is 22.2 Å². The van der Waals surface area contributed by atoms with Gasteiger partial charge in [-0.05, 0) is 79.5 Å². The number of para-hydroxylation sites is 1. The maximum atomic E-state index is 13.5. The van der Waals surface area contributed by atoms with Gasteiger partial charge in [0, 0.05) is 55.1 Å². The number of H-pyrrole nitrogens is 1. The highest BCUT2D eigenvalue weighted by molar-refractivity contribution is 5.91. The van der Waals surface area contributed by atoms with Crippen LogP contribution in [0.3, 0.4) is 0 Å². The summed E-state index contributed by atoms with van der Waals surface area (Å²) in [4.78, 5) is 33.5. The molecule has 0 radical (unpaired) electrons. The number of likely N-dealkylation sites (tertiary alicyclic amines) is 2. The zero-order valence-corrected chi connectivity index (χ0v) is 20.4. The van der Waals surface area contributed by atoms with E-state index in [0.717, 1.165) is 66.5 Å². The molecule has 3 aromatic rings. The van der Waals surface area contributed by atoms with Gasteiger partial charge in [0.05, 0.1) is 0 Å². The van der Waals surface area contributed by atoms with Crippen molar-refractivity contribution in [1.29, 1.82) is 0 Å². The van der Waals surface area contributed by atoms with Gasteiger partial charge in [-0.1, -0.05) is 25.1 Å². The number of fused-ring (bicyclic) bond motifs is 1. The van der Waals surface area contributed by atoms with Gasteiger partial charge in [0.2, 0.25) is 11.8 Å². The van der Waals surface area contributed by atoms with Gasteiger partial charge in [0.15, 0.2) is 0 Å². The molecule has 2 saturated heterocycles. The molecule has 3 heterocycles. The second-order valence-electron chi connectivity index (χ2n) is 10.2. The van der Waals surface area contributed by atoms with Crippen molar-refractivity contribution in [3.05, 3.63) is 59.9 Å². The number of nitrogens with one attached hydrogen (secondary N) is 1. The van der Waals surface area contributed by atoms with E-state index in [2.05, 4.69) is 18.0 Å². The van der Waals surface area contributed by atoms with Crippen LogP contribution in [0.5, 0.6) is 0 Å². The quantitative estimate of drug-likeness (QED) is 0.537. The molecule has 1 aromatic heterocycles. The van der Waals surface area contributed by atoms with Gasteiger partial charge < -0.3 is 14.8 Å². The number of nitrogens with zero attached hydrogens (tertiary/aromatic N) is 2. The molecule has 2 fully saturated rings. The van der Waals surface area contributed by atoms with E-state index in [9.17, 15) is 14.0 Å². The largest absolute Gasteiger partial charge is 0.354 e. The Morgan fingerprint density at radius 3 is 2.29 bits per heavy atom. The van der Waals surface area contributed by atoms with E-state index in [0.29, 0.717) is 31.8 Å². The number of carbonyl (C=O) groups excluding carboxylic acids is 2. The standard InChI is InChI=1S/C29H34FN3O2/c1-20-12-16-33(17-13-20)29(35)22-14-18-32(19-15-22)27(34)11-10-25-24-4-2-3-5-26(24)31-28(25)21-6-8-23(30)9-7-21/h2-9,20,22,31H,10-19H2,1H3. The normalized spacial score (nSPS) is 17.8. The van der Waals surface area contributed by atoms with E-state index in [1.54, 1.807) is 12.1 Å². The summed E-state index contributed by atoms with van der Waals surface area (Å²) in [6.45, 7) is 5.31.